The summed E-state index contributed by atoms with van der Waals surface area (Å²) in [7, 11) is 0. The number of anilines is 3. The van der Waals surface area contributed by atoms with Gasteiger partial charge in [0.25, 0.3) is 0 Å². The quantitative estimate of drug-likeness (QED) is 0.483. The summed E-state index contributed by atoms with van der Waals surface area (Å²) in [5, 5.41) is 3.74. The Kier molecular flexibility index (Phi) is 4.93. The van der Waals surface area contributed by atoms with Crippen molar-refractivity contribution in [2.75, 3.05) is 10.7 Å². The highest BCUT2D eigenvalue weighted by atomic mass is 32.2. The Morgan fingerprint density at radius 2 is 1.38 bits per heavy atom. The smallest absolute Gasteiger partial charge is 0.242 e. The lowest BCUT2D eigenvalue weighted by Crippen LogP contribution is -2.13. The molecular formula is C17H18N6S. The normalized spacial score (nSPS) is 10.5. The Bertz CT molecular complexity index is 752. The van der Waals surface area contributed by atoms with Crippen molar-refractivity contribution in [1.29, 1.82) is 0 Å². The summed E-state index contributed by atoms with van der Waals surface area (Å²) in [5.74, 6) is 6.23. The third-order valence-corrected chi connectivity index (χ3v) is 4.15. The average Bonchev–Trinajstić information content (AvgIpc) is 2.59. The molecule has 0 atom stereocenters. The zero-order valence-corrected chi connectivity index (χ0v) is 14.3. The molecule has 3 rings (SSSR count). The van der Waals surface area contributed by atoms with Crippen LogP contribution in [0.1, 0.15) is 11.1 Å². The van der Waals surface area contributed by atoms with E-state index in [1.54, 1.807) is 0 Å². The minimum atomic E-state index is 0.314. The first-order valence-electron chi connectivity index (χ1n) is 7.43. The summed E-state index contributed by atoms with van der Waals surface area (Å²) in [6.45, 7) is 4.09. The zero-order valence-electron chi connectivity index (χ0n) is 13.4. The number of rotatable bonds is 5. The number of aryl methyl sites for hydroxylation is 2. The first-order valence-corrected chi connectivity index (χ1v) is 8.25. The van der Waals surface area contributed by atoms with Crippen LogP contribution < -0.4 is 16.6 Å². The predicted molar refractivity (Wildman–Crippen MR) is 97.4 cm³/mol. The standard InChI is InChI=1S/C17H18N6S/c1-11-3-7-13(8-4-11)19-15-20-16(23-18)22-17(21-15)24-14-9-5-12(2)6-10-14/h3-10H,18H2,1-2H3,(H2,19,20,21,22,23). The second kappa shape index (κ2) is 7.29. The van der Waals surface area contributed by atoms with Crippen LogP contribution in [-0.2, 0) is 0 Å². The summed E-state index contributed by atoms with van der Waals surface area (Å²) in [6.07, 6.45) is 0. The van der Waals surface area contributed by atoms with E-state index in [0.717, 1.165) is 10.6 Å². The predicted octanol–water partition coefficient (Wildman–Crippen LogP) is 3.67. The minimum absolute atomic E-state index is 0.314. The van der Waals surface area contributed by atoms with Gasteiger partial charge in [-0.2, -0.15) is 15.0 Å². The second-order valence-electron chi connectivity index (χ2n) is 5.32. The molecule has 0 radical (unpaired) electrons. The third-order valence-electron chi connectivity index (χ3n) is 3.28. The van der Waals surface area contributed by atoms with Crippen molar-refractivity contribution in [2.24, 2.45) is 5.84 Å². The van der Waals surface area contributed by atoms with Gasteiger partial charge in [0.15, 0.2) is 5.16 Å². The topological polar surface area (TPSA) is 88.8 Å². The lowest BCUT2D eigenvalue weighted by Gasteiger charge is -2.08. The van der Waals surface area contributed by atoms with Gasteiger partial charge in [0, 0.05) is 10.6 Å². The van der Waals surface area contributed by atoms with Crippen LogP contribution in [0.3, 0.4) is 0 Å². The lowest BCUT2D eigenvalue weighted by molar-refractivity contribution is 0.909. The molecule has 0 saturated heterocycles. The number of nitrogens with zero attached hydrogens (tertiary/aromatic N) is 3. The molecule has 7 heteroatoms. The van der Waals surface area contributed by atoms with Gasteiger partial charge < -0.3 is 5.32 Å². The van der Waals surface area contributed by atoms with Crippen LogP contribution >= 0.6 is 11.8 Å². The van der Waals surface area contributed by atoms with Crippen molar-refractivity contribution in [3.8, 4) is 0 Å². The maximum Gasteiger partial charge on any atom is 0.242 e. The van der Waals surface area contributed by atoms with Crippen LogP contribution in [0, 0.1) is 13.8 Å². The number of aromatic nitrogens is 3. The van der Waals surface area contributed by atoms with E-state index in [0.29, 0.717) is 17.1 Å². The highest BCUT2D eigenvalue weighted by Crippen LogP contribution is 2.26. The summed E-state index contributed by atoms with van der Waals surface area (Å²) in [4.78, 5) is 14.0. The first-order chi connectivity index (χ1) is 11.6. The Balaban J connectivity index is 1.84. The van der Waals surface area contributed by atoms with Gasteiger partial charge in [-0.3, -0.25) is 5.43 Å². The van der Waals surface area contributed by atoms with Gasteiger partial charge in [-0.1, -0.05) is 35.4 Å². The Labute approximate surface area is 144 Å². The van der Waals surface area contributed by atoms with E-state index in [-0.39, 0.29) is 0 Å². The molecule has 122 valence electrons. The fourth-order valence-corrected chi connectivity index (χ4v) is 2.75. The molecule has 0 spiro atoms. The SMILES string of the molecule is Cc1ccc(Nc2nc(NN)nc(Sc3ccc(C)cc3)n2)cc1. The summed E-state index contributed by atoms with van der Waals surface area (Å²) in [6, 6.07) is 16.2. The van der Waals surface area contributed by atoms with Crippen molar-refractivity contribution in [3.63, 3.8) is 0 Å². The van der Waals surface area contributed by atoms with E-state index in [4.69, 9.17) is 5.84 Å². The van der Waals surface area contributed by atoms with Gasteiger partial charge in [0.05, 0.1) is 0 Å². The number of nitrogen functional groups attached to an aromatic ring is 1. The van der Waals surface area contributed by atoms with Crippen LogP contribution in [0.25, 0.3) is 0 Å². The minimum Gasteiger partial charge on any atom is -0.324 e. The number of nitrogens with two attached hydrogens (primary N) is 1. The highest BCUT2D eigenvalue weighted by Gasteiger charge is 2.08. The average molecular weight is 338 g/mol. The molecule has 24 heavy (non-hydrogen) atoms. The molecule has 1 heterocycles. The van der Waals surface area contributed by atoms with Crippen molar-refractivity contribution >= 4 is 29.3 Å². The second-order valence-corrected chi connectivity index (χ2v) is 6.36. The number of hydrazine groups is 1. The van der Waals surface area contributed by atoms with Crippen LogP contribution in [-0.4, -0.2) is 15.0 Å². The molecule has 6 nitrogen and oxygen atoms in total. The fraction of sp³-hybridized carbons (Fsp3) is 0.118. The van der Waals surface area contributed by atoms with Gasteiger partial charge >= 0.3 is 0 Å². The molecule has 0 unspecified atom stereocenters. The summed E-state index contributed by atoms with van der Waals surface area (Å²) < 4.78 is 0. The van der Waals surface area contributed by atoms with Gasteiger partial charge in [-0.25, -0.2) is 5.84 Å². The zero-order chi connectivity index (χ0) is 16.9. The molecular weight excluding hydrogens is 320 g/mol. The van der Waals surface area contributed by atoms with Crippen molar-refractivity contribution in [2.45, 2.75) is 23.9 Å². The number of hydrogen-bond acceptors (Lipinski definition) is 7. The highest BCUT2D eigenvalue weighted by molar-refractivity contribution is 7.99. The molecule has 0 aliphatic carbocycles. The van der Waals surface area contributed by atoms with Crippen LogP contribution in [0.2, 0.25) is 0 Å². The van der Waals surface area contributed by atoms with Crippen molar-refractivity contribution in [1.82, 2.24) is 15.0 Å². The van der Waals surface area contributed by atoms with E-state index >= 15 is 0 Å². The molecule has 0 aliphatic rings. The monoisotopic (exact) mass is 338 g/mol. The Hall–Kier alpha value is -2.64. The Morgan fingerprint density at radius 1 is 0.792 bits per heavy atom. The third kappa shape index (κ3) is 4.21. The molecule has 2 aromatic carbocycles. The number of hydrogen-bond donors (Lipinski definition) is 3. The summed E-state index contributed by atoms with van der Waals surface area (Å²) >= 11 is 1.46. The first kappa shape index (κ1) is 16.2. The molecule has 1 aromatic heterocycles. The van der Waals surface area contributed by atoms with E-state index in [9.17, 15) is 0 Å². The van der Waals surface area contributed by atoms with Crippen LogP contribution in [0.5, 0.6) is 0 Å². The van der Waals surface area contributed by atoms with E-state index in [1.165, 1.54) is 22.9 Å². The number of benzene rings is 2. The van der Waals surface area contributed by atoms with E-state index in [2.05, 4.69) is 44.8 Å². The van der Waals surface area contributed by atoms with Gasteiger partial charge in [0.1, 0.15) is 0 Å². The fourth-order valence-electron chi connectivity index (χ4n) is 2.00. The molecule has 4 N–H and O–H groups in total. The van der Waals surface area contributed by atoms with Crippen molar-refractivity contribution in [3.05, 3.63) is 59.7 Å². The molecule has 0 fully saturated rings. The molecule has 0 saturated carbocycles. The van der Waals surface area contributed by atoms with Gasteiger partial charge in [0.2, 0.25) is 11.9 Å². The van der Waals surface area contributed by atoms with E-state index < -0.39 is 0 Å². The lowest BCUT2D eigenvalue weighted by atomic mass is 10.2. The van der Waals surface area contributed by atoms with Crippen molar-refractivity contribution < 1.29 is 0 Å². The number of nitrogens with one attached hydrogen (secondary N) is 2. The van der Waals surface area contributed by atoms with Crippen LogP contribution in [0.4, 0.5) is 17.6 Å². The Morgan fingerprint density at radius 3 is 2.00 bits per heavy atom. The molecule has 0 amide bonds. The molecule has 3 aromatic rings. The maximum absolute atomic E-state index is 5.47. The van der Waals surface area contributed by atoms with Gasteiger partial charge in [-0.15, -0.1) is 0 Å². The maximum atomic E-state index is 5.47. The van der Waals surface area contributed by atoms with Gasteiger partial charge in [-0.05, 0) is 49.9 Å². The van der Waals surface area contributed by atoms with Crippen LogP contribution in [0.15, 0.2) is 58.6 Å². The summed E-state index contributed by atoms with van der Waals surface area (Å²) in [5.41, 5.74) is 5.79. The molecule has 0 aliphatic heterocycles. The van der Waals surface area contributed by atoms with E-state index in [1.807, 2.05) is 43.3 Å². The molecule has 0 bridgehead atoms. The largest absolute Gasteiger partial charge is 0.324 e.